The number of benzene rings is 2. The van der Waals surface area contributed by atoms with Gasteiger partial charge in [0, 0.05) is 22.2 Å². The lowest BCUT2D eigenvalue weighted by atomic mass is 10.1. The van der Waals surface area contributed by atoms with Crippen LogP contribution in [-0.2, 0) is 11.2 Å². The summed E-state index contributed by atoms with van der Waals surface area (Å²) in [5, 5.41) is 5.23. The van der Waals surface area contributed by atoms with Gasteiger partial charge in [-0.15, -0.1) is 11.3 Å². The number of aromatic nitrogens is 1. The summed E-state index contributed by atoms with van der Waals surface area (Å²) in [6.45, 7) is 1.49. The molecule has 0 unspecified atom stereocenters. The molecule has 0 aliphatic carbocycles. The maximum atomic E-state index is 13.3. The van der Waals surface area contributed by atoms with Crippen molar-refractivity contribution in [2.24, 2.45) is 0 Å². The van der Waals surface area contributed by atoms with Crippen LogP contribution in [-0.4, -0.2) is 16.7 Å². The van der Waals surface area contributed by atoms with Gasteiger partial charge in [0.1, 0.15) is 10.8 Å². The van der Waals surface area contributed by atoms with Crippen molar-refractivity contribution < 1.29 is 14.0 Å². The average molecular weight is 354 g/mol. The third-order valence-electron chi connectivity index (χ3n) is 3.54. The topological polar surface area (TPSA) is 59.1 Å². The number of halogens is 1. The molecule has 126 valence electrons. The van der Waals surface area contributed by atoms with Gasteiger partial charge >= 0.3 is 0 Å². The molecular formula is C19H15FN2O2S. The number of rotatable bonds is 5. The minimum absolute atomic E-state index is 0.0229. The molecule has 1 N–H and O–H groups in total. The Morgan fingerprint density at radius 2 is 1.92 bits per heavy atom. The number of Topliss-reactive ketones (excluding diaryl/α,β-unsaturated/α-hetero) is 1. The van der Waals surface area contributed by atoms with Gasteiger partial charge in [0.15, 0.2) is 5.78 Å². The van der Waals surface area contributed by atoms with Crippen LogP contribution in [0.2, 0.25) is 0 Å². The van der Waals surface area contributed by atoms with Gasteiger partial charge < -0.3 is 5.32 Å². The number of anilines is 1. The standard InChI is InChI=1S/C19H15FN2O2S/c1-12(23)13-5-7-16(8-6-13)21-18(24)10-17-11-25-19(22-17)14-3-2-4-15(20)9-14/h2-9,11H,10H2,1H3,(H,21,24). The number of carbonyl (C=O) groups excluding carboxylic acids is 2. The molecule has 0 atom stereocenters. The highest BCUT2D eigenvalue weighted by atomic mass is 32.1. The minimum Gasteiger partial charge on any atom is -0.326 e. The van der Waals surface area contributed by atoms with E-state index in [9.17, 15) is 14.0 Å². The van der Waals surface area contributed by atoms with Crippen molar-refractivity contribution in [3.63, 3.8) is 0 Å². The number of carbonyl (C=O) groups is 2. The summed E-state index contributed by atoms with van der Waals surface area (Å²) in [6, 6.07) is 12.9. The van der Waals surface area contributed by atoms with Crippen molar-refractivity contribution in [3.05, 3.63) is 71.0 Å². The van der Waals surface area contributed by atoms with E-state index >= 15 is 0 Å². The fourth-order valence-corrected chi connectivity index (χ4v) is 3.12. The Morgan fingerprint density at radius 1 is 1.16 bits per heavy atom. The number of amides is 1. The largest absolute Gasteiger partial charge is 0.326 e. The van der Waals surface area contributed by atoms with Crippen LogP contribution in [0.3, 0.4) is 0 Å². The molecule has 1 amide bonds. The van der Waals surface area contributed by atoms with Gasteiger partial charge in [-0.2, -0.15) is 0 Å². The van der Waals surface area contributed by atoms with Crippen molar-refractivity contribution in [2.75, 3.05) is 5.32 Å². The molecule has 0 saturated carbocycles. The van der Waals surface area contributed by atoms with Crippen LogP contribution in [0.4, 0.5) is 10.1 Å². The quantitative estimate of drug-likeness (QED) is 0.694. The lowest BCUT2D eigenvalue weighted by molar-refractivity contribution is -0.115. The van der Waals surface area contributed by atoms with E-state index in [-0.39, 0.29) is 23.9 Å². The molecule has 1 aromatic heterocycles. The Hall–Kier alpha value is -2.86. The molecule has 0 spiro atoms. The Morgan fingerprint density at radius 3 is 2.60 bits per heavy atom. The highest BCUT2D eigenvalue weighted by Gasteiger charge is 2.10. The Bertz CT molecular complexity index is 919. The monoisotopic (exact) mass is 354 g/mol. The maximum absolute atomic E-state index is 13.3. The molecule has 3 rings (SSSR count). The fraction of sp³-hybridized carbons (Fsp3) is 0.105. The zero-order valence-electron chi connectivity index (χ0n) is 13.5. The molecule has 3 aromatic rings. The van der Waals surface area contributed by atoms with Gasteiger partial charge in [0.2, 0.25) is 5.91 Å². The van der Waals surface area contributed by atoms with Crippen molar-refractivity contribution in [1.29, 1.82) is 0 Å². The third-order valence-corrected chi connectivity index (χ3v) is 4.48. The molecule has 6 heteroatoms. The molecular weight excluding hydrogens is 339 g/mol. The molecule has 1 heterocycles. The van der Waals surface area contributed by atoms with Crippen molar-refractivity contribution in [1.82, 2.24) is 4.98 Å². The normalized spacial score (nSPS) is 10.5. The van der Waals surface area contributed by atoms with Crippen molar-refractivity contribution in [3.8, 4) is 10.6 Å². The smallest absolute Gasteiger partial charge is 0.230 e. The second-order valence-corrected chi connectivity index (χ2v) is 6.37. The second-order valence-electron chi connectivity index (χ2n) is 5.51. The predicted molar refractivity (Wildman–Crippen MR) is 96.3 cm³/mol. The SMILES string of the molecule is CC(=O)c1ccc(NC(=O)Cc2csc(-c3cccc(F)c3)n2)cc1. The number of hydrogen-bond donors (Lipinski definition) is 1. The van der Waals surface area contributed by atoms with Crippen LogP contribution in [0.5, 0.6) is 0 Å². The molecule has 4 nitrogen and oxygen atoms in total. The average Bonchev–Trinajstić information content (AvgIpc) is 3.03. The Labute approximate surface area is 148 Å². The number of nitrogens with zero attached hydrogens (tertiary/aromatic N) is 1. The lowest BCUT2D eigenvalue weighted by Gasteiger charge is -2.04. The van der Waals surface area contributed by atoms with Gasteiger partial charge in [0.25, 0.3) is 0 Å². The van der Waals surface area contributed by atoms with Crippen LogP contribution < -0.4 is 5.32 Å². The zero-order chi connectivity index (χ0) is 17.8. The van der Waals surface area contributed by atoms with Gasteiger partial charge in [0.05, 0.1) is 12.1 Å². The van der Waals surface area contributed by atoms with E-state index in [1.807, 2.05) is 0 Å². The van der Waals surface area contributed by atoms with Crippen LogP contribution in [0.15, 0.2) is 53.9 Å². The summed E-state index contributed by atoms with van der Waals surface area (Å²) in [7, 11) is 0. The molecule has 0 aliphatic heterocycles. The zero-order valence-corrected chi connectivity index (χ0v) is 14.3. The van der Waals surface area contributed by atoms with E-state index in [0.29, 0.717) is 27.5 Å². The first-order chi connectivity index (χ1) is 12.0. The second kappa shape index (κ2) is 7.36. The van der Waals surface area contributed by atoms with E-state index in [4.69, 9.17) is 0 Å². The van der Waals surface area contributed by atoms with Gasteiger partial charge in [-0.1, -0.05) is 12.1 Å². The summed E-state index contributed by atoms with van der Waals surface area (Å²) >= 11 is 1.37. The van der Waals surface area contributed by atoms with Crippen LogP contribution in [0.25, 0.3) is 10.6 Å². The Kier molecular flexibility index (Phi) is 5.00. The molecule has 0 fully saturated rings. The fourth-order valence-electron chi connectivity index (χ4n) is 2.30. The van der Waals surface area contributed by atoms with E-state index in [1.165, 1.54) is 30.4 Å². The predicted octanol–water partition coefficient (Wildman–Crippen LogP) is 4.33. The highest BCUT2D eigenvalue weighted by molar-refractivity contribution is 7.13. The van der Waals surface area contributed by atoms with Crippen LogP contribution in [0.1, 0.15) is 23.0 Å². The summed E-state index contributed by atoms with van der Waals surface area (Å²) < 4.78 is 13.3. The molecule has 0 saturated heterocycles. The van der Waals surface area contributed by atoms with Gasteiger partial charge in [-0.05, 0) is 43.3 Å². The number of nitrogens with one attached hydrogen (secondary N) is 1. The molecule has 2 aromatic carbocycles. The van der Waals surface area contributed by atoms with Gasteiger partial charge in [-0.25, -0.2) is 9.37 Å². The van der Waals surface area contributed by atoms with E-state index in [2.05, 4.69) is 10.3 Å². The summed E-state index contributed by atoms with van der Waals surface area (Å²) in [5.74, 6) is -0.544. The molecule has 0 radical (unpaired) electrons. The lowest BCUT2D eigenvalue weighted by Crippen LogP contribution is -2.14. The van der Waals surface area contributed by atoms with E-state index in [0.717, 1.165) is 0 Å². The third kappa shape index (κ3) is 4.36. The Balaban J connectivity index is 1.64. The number of hydrogen-bond acceptors (Lipinski definition) is 4. The highest BCUT2D eigenvalue weighted by Crippen LogP contribution is 2.24. The molecule has 0 aliphatic rings. The van der Waals surface area contributed by atoms with Crippen LogP contribution >= 0.6 is 11.3 Å². The van der Waals surface area contributed by atoms with E-state index in [1.54, 1.807) is 41.8 Å². The van der Waals surface area contributed by atoms with E-state index < -0.39 is 0 Å². The first-order valence-corrected chi connectivity index (χ1v) is 8.50. The molecule has 0 bridgehead atoms. The first kappa shape index (κ1) is 17.0. The summed E-state index contributed by atoms with van der Waals surface area (Å²) in [5.41, 5.74) is 2.53. The number of thiazole rings is 1. The summed E-state index contributed by atoms with van der Waals surface area (Å²) in [6.07, 6.45) is 0.125. The van der Waals surface area contributed by atoms with Gasteiger partial charge in [-0.3, -0.25) is 9.59 Å². The summed E-state index contributed by atoms with van der Waals surface area (Å²) in [4.78, 5) is 27.8. The number of ketones is 1. The first-order valence-electron chi connectivity index (χ1n) is 7.62. The molecule has 25 heavy (non-hydrogen) atoms. The van der Waals surface area contributed by atoms with Crippen molar-refractivity contribution >= 4 is 28.7 Å². The van der Waals surface area contributed by atoms with Crippen molar-refractivity contribution in [2.45, 2.75) is 13.3 Å². The minimum atomic E-state index is -0.319. The maximum Gasteiger partial charge on any atom is 0.230 e. The van der Waals surface area contributed by atoms with Crippen LogP contribution in [0, 0.1) is 5.82 Å².